The van der Waals surface area contributed by atoms with Crippen molar-refractivity contribution in [1.82, 2.24) is 5.32 Å². The third-order valence-corrected chi connectivity index (χ3v) is 3.80. The van der Waals surface area contributed by atoms with Crippen LogP contribution >= 0.6 is 0 Å². The van der Waals surface area contributed by atoms with Crippen molar-refractivity contribution >= 4 is 0 Å². The Labute approximate surface area is 123 Å². The zero-order valence-corrected chi connectivity index (χ0v) is 12.9. The molecule has 0 radical (unpaired) electrons. The van der Waals surface area contributed by atoms with Crippen molar-refractivity contribution in [2.75, 3.05) is 0 Å². The maximum absolute atomic E-state index is 3.78. The van der Waals surface area contributed by atoms with Gasteiger partial charge in [0.2, 0.25) is 0 Å². The van der Waals surface area contributed by atoms with Crippen molar-refractivity contribution in [3.05, 3.63) is 71.3 Å². The fourth-order valence-corrected chi connectivity index (χ4v) is 2.64. The molecule has 2 aromatic rings. The van der Waals surface area contributed by atoms with E-state index < -0.39 is 0 Å². The highest BCUT2D eigenvalue weighted by Crippen LogP contribution is 2.25. The molecule has 2 rings (SSSR count). The minimum Gasteiger partial charge on any atom is -0.303 e. The fourth-order valence-electron chi connectivity index (χ4n) is 2.64. The fraction of sp³-hybridized carbons (Fsp3) is 0.368. The van der Waals surface area contributed by atoms with Crippen LogP contribution in [0.15, 0.2) is 54.6 Å². The predicted octanol–water partition coefficient (Wildman–Crippen LogP) is 5.04. The highest BCUT2D eigenvalue weighted by atomic mass is 14.9. The quantitative estimate of drug-likeness (QED) is 0.800. The van der Waals surface area contributed by atoms with E-state index in [1.54, 1.807) is 0 Å². The van der Waals surface area contributed by atoms with Gasteiger partial charge in [0.25, 0.3) is 0 Å². The molecule has 0 amide bonds. The van der Waals surface area contributed by atoms with E-state index in [4.69, 9.17) is 0 Å². The van der Waals surface area contributed by atoms with Gasteiger partial charge in [-0.2, -0.15) is 0 Å². The molecule has 0 fully saturated rings. The lowest BCUT2D eigenvalue weighted by Gasteiger charge is -2.27. The molecule has 0 aromatic heterocycles. The number of aryl methyl sites for hydroxylation is 1. The molecule has 0 saturated carbocycles. The number of nitrogens with one attached hydrogen (secondary N) is 1. The minimum atomic E-state index is 0.350. The summed E-state index contributed by atoms with van der Waals surface area (Å²) in [7, 11) is 0. The van der Waals surface area contributed by atoms with Gasteiger partial charge in [0, 0.05) is 12.1 Å². The van der Waals surface area contributed by atoms with Gasteiger partial charge in [0.15, 0.2) is 0 Å². The molecule has 1 nitrogen and oxygen atoms in total. The second-order valence-corrected chi connectivity index (χ2v) is 5.93. The molecule has 0 spiro atoms. The summed E-state index contributed by atoms with van der Waals surface area (Å²) in [6.07, 6.45) is 0. The van der Waals surface area contributed by atoms with Crippen LogP contribution in [0.2, 0.25) is 0 Å². The lowest BCUT2D eigenvalue weighted by Crippen LogP contribution is -2.28. The number of rotatable bonds is 5. The van der Waals surface area contributed by atoms with Crippen LogP contribution in [0.4, 0.5) is 0 Å². The molecule has 0 aliphatic heterocycles. The summed E-state index contributed by atoms with van der Waals surface area (Å²) < 4.78 is 0. The van der Waals surface area contributed by atoms with Crippen molar-refractivity contribution in [2.45, 2.75) is 39.8 Å². The Balaban J connectivity index is 2.17. The first-order chi connectivity index (χ1) is 9.58. The maximum Gasteiger partial charge on any atom is 0.0348 e. The molecular formula is C19H25N. The van der Waals surface area contributed by atoms with Crippen LogP contribution in [0, 0.1) is 12.8 Å². The number of hydrogen-bond acceptors (Lipinski definition) is 1. The predicted molar refractivity (Wildman–Crippen MR) is 86.8 cm³/mol. The average Bonchev–Trinajstić information content (AvgIpc) is 2.45. The molecule has 0 aliphatic carbocycles. The van der Waals surface area contributed by atoms with E-state index in [1.807, 2.05) is 0 Å². The third kappa shape index (κ3) is 3.71. The van der Waals surface area contributed by atoms with E-state index in [9.17, 15) is 0 Å². The van der Waals surface area contributed by atoms with E-state index in [2.05, 4.69) is 87.6 Å². The molecule has 0 heterocycles. The van der Waals surface area contributed by atoms with Crippen molar-refractivity contribution in [3.63, 3.8) is 0 Å². The Hall–Kier alpha value is -1.60. The summed E-state index contributed by atoms with van der Waals surface area (Å²) >= 11 is 0. The van der Waals surface area contributed by atoms with Gasteiger partial charge in [-0.15, -0.1) is 0 Å². The van der Waals surface area contributed by atoms with Gasteiger partial charge in [-0.05, 0) is 30.9 Å². The van der Waals surface area contributed by atoms with E-state index >= 15 is 0 Å². The van der Waals surface area contributed by atoms with Crippen LogP contribution in [0.1, 0.15) is 49.5 Å². The van der Waals surface area contributed by atoms with E-state index in [1.165, 1.54) is 16.7 Å². The molecule has 1 heteroatoms. The van der Waals surface area contributed by atoms with Crippen LogP contribution in [-0.2, 0) is 0 Å². The largest absolute Gasteiger partial charge is 0.303 e. The SMILES string of the molecule is Cc1cccc(C(C)NC(c2ccccc2)C(C)C)c1. The standard InChI is InChI=1S/C19H25N/c1-14(2)19(17-10-6-5-7-11-17)20-16(4)18-12-8-9-15(3)13-18/h5-14,16,19-20H,1-4H3. The third-order valence-electron chi connectivity index (χ3n) is 3.80. The molecular weight excluding hydrogens is 242 g/mol. The van der Waals surface area contributed by atoms with Gasteiger partial charge in [0.1, 0.15) is 0 Å². The zero-order valence-electron chi connectivity index (χ0n) is 12.9. The van der Waals surface area contributed by atoms with Crippen LogP contribution < -0.4 is 5.32 Å². The van der Waals surface area contributed by atoms with Gasteiger partial charge in [-0.3, -0.25) is 0 Å². The van der Waals surface area contributed by atoms with Crippen LogP contribution in [-0.4, -0.2) is 0 Å². The van der Waals surface area contributed by atoms with Crippen molar-refractivity contribution in [2.24, 2.45) is 5.92 Å². The smallest absolute Gasteiger partial charge is 0.0348 e. The average molecular weight is 267 g/mol. The first-order valence-corrected chi connectivity index (χ1v) is 7.45. The minimum absolute atomic E-state index is 0.350. The molecule has 20 heavy (non-hydrogen) atoms. The normalized spacial score (nSPS) is 14.2. The summed E-state index contributed by atoms with van der Waals surface area (Å²) in [5, 5.41) is 3.78. The van der Waals surface area contributed by atoms with Crippen LogP contribution in [0.3, 0.4) is 0 Å². The van der Waals surface area contributed by atoms with Gasteiger partial charge < -0.3 is 5.32 Å². The Morgan fingerprint density at radius 1 is 0.800 bits per heavy atom. The van der Waals surface area contributed by atoms with E-state index in [0.29, 0.717) is 18.0 Å². The van der Waals surface area contributed by atoms with Gasteiger partial charge in [0.05, 0.1) is 0 Å². The van der Waals surface area contributed by atoms with E-state index in [-0.39, 0.29) is 0 Å². The molecule has 0 saturated heterocycles. The number of benzene rings is 2. The summed E-state index contributed by atoms with van der Waals surface area (Å²) in [5.41, 5.74) is 4.03. The Morgan fingerprint density at radius 3 is 2.05 bits per heavy atom. The second kappa shape index (κ2) is 6.71. The molecule has 1 N–H and O–H groups in total. The summed E-state index contributed by atoms with van der Waals surface area (Å²) in [6.45, 7) is 8.93. The molecule has 0 aliphatic rings. The second-order valence-electron chi connectivity index (χ2n) is 5.93. The molecule has 2 atom stereocenters. The first kappa shape index (κ1) is 14.8. The van der Waals surface area contributed by atoms with Gasteiger partial charge in [-0.1, -0.05) is 74.0 Å². The van der Waals surface area contributed by atoms with Crippen LogP contribution in [0.5, 0.6) is 0 Å². The zero-order chi connectivity index (χ0) is 14.5. The Kier molecular flexibility index (Phi) is 4.97. The number of hydrogen-bond donors (Lipinski definition) is 1. The summed E-state index contributed by atoms with van der Waals surface area (Å²) in [5.74, 6) is 0.560. The topological polar surface area (TPSA) is 12.0 Å². The van der Waals surface area contributed by atoms with Crippen molar-refractivity contribution in [3.8, 4) is 0 Å². The van der Waals surface area contributed by atoms with E-state index in [0.717, 1.165) is 0 Å². The summed E-state index contributed by atoms with van der Waals surface area (Å²) in [6, 6.07) is 20.2. The van der Waals surface area contributed by atoms with Crippen LogP contribution in [0.25, 0.3) is 0 Å². The molecule has 2 aromatic carbocycles. The maximum atomic E-state index is 3.78. The lowest BCUT2D eigenvalue weighted by atomic mass is 9.94. The monoisotopic (exact) mass is 267 g/mol. The lowest BCUT2D eigenvalue weighted by molar-refractivity contribution is 0.374. The van der Waals surface area contributed by atoms with Gasteiger partial charge in [-0.25, -0.2) is 0 Å². The molecule has 2 unspecified atom stereocenters. The molecule has 106 valence electrons. The molecule has 0 bridgehead atoms. The highest BCUT2D eigenvalue weighted by molar-refractivity contribution is 5.26. The van der Waals surface area contributed by atoms with Gasteiger partial charge >= 0.3 is 0 Å². The Bertz CT molecular complexity index is 530. The van der Waals surface area contributed by atoms with Crippen molar-refractivity contribution in [1.29, 1.82) is 0 Å². The Morgan fingerprint density at radius 2 is 1.45 bits per heavy atom. The highest BCUT2D eigenvalue weighted by Gasteiger charge is 2.18. The van der Waals surface area contributed by atoms with Crippen molar-refractivity contribution < 1.29 is 0 Å². The first-order valence-electron chi connectivity index (χ1n) is 7.45. The summed E-state index contributed by atoms with van der Waals surface area (Å²) in [4.78, 5) is 0.